The van der Waals surface area contributed by atoms with Gasteiger partial charge in [0.1, 0.15) is 6.79 Å². The minimum atomic E-state index is -1.84. The number of aliphatic hydroxyl groups is 1. The normalized spacial score (nSPS) is 47.0. The quantitative estimate of drug-likeness (QED) is 0.609. The maximum absolute atomic E-state index is 17.3. The Hall–Kier alpha value is -1.31. The average Bonchev–Trinajstić information content (AvgIpc) is 3.03. The molecule has 0 amide bonds. The van der Waals surface area contributed by atoms with E-state index in [9.17, 15) is 14.7 Å². The Labute approximate surface area is 207 Å². The molecule has 0 spiro atoms. The van der Waals surface area contributed by atoms with Gasteiger partial charge in [-0.25, -0.2) is 4.39 Å². The second-order valence-electron chi connectivity index (χ2n) is 11.0. The van der Waals surface area contributed by atoms with Crippen molar-refractivity contribution in [2.24, 2.45) is 34.5 Å². The molecule has 0 saturated heterocycles. The van der Waals surface area contributed by atoms with Gasteiger partial charge in [-0.1, -0.05) is 51.1 Å². The summed E-state index contributed by atoms with van der Waals surface area (Å²) in [5.74, 6) is 0.286. The first-order chi connectivity index (χ1) is 15.9. The Bertz CT molecular complexity index is 903. The van der Waals surface area contributed by atoms with E-state index in [0.29, 0.717) is 18.6 Å². The third-order valence-corrected chi connectivity index (χ3v) is 11.0. The Balaban J connectivity index is 0.00000158. The van der Waals surface area contributed by atoms with Crippen molar-refractivity contribution in [1.82, 2.24) is 0 Å². The number of allylic oxidation sites excluding steroid dienone is 4. The number of methoxy groups -OCH3 is 1. The van der Waals surface area contributed by atoms with Crippen LogP contribution in [0.4, 0.5) is 4.39 Å². The predicted molar refractivity (Wildman–Crippen MR) is 132 cm³/mol. The van der Waals surface area contributed by atoms with Crippen LogP contribution in [0.1, 0.15) is 60.3 Å². The molecule has 4 rings (SSSR count). The zero-order valence-corrected chi connectivity index (χ0v) is 22.0. The minimum absolute atomic E-state index is 0.0232. The highest BCUT2D eigenvalue weighted by Gasteiger charge is 2.75. The zero-order chi connectivity index (χ0) is 25.7. The van der Waals surface area contributed by atoms with Crippen LogP contribution >= 0.6 is 11.8 Å². The Morgan fingerprint density at radius 1 is 1.26 bits per heavy atom. The van der Waals surface area contributed by atoms with Crippen molar-refractivity contribution in [1.29, 1.82) is 0 Å². The van der Waals surface area contributed by atoms with Crippen LogP contribution in [0.25, 0.3) is 0 Å². The van der Waals surface area contributed by atoms with Crippen molar-refractivity contribution in [2.75, 3.05) is 12.9 Å². The van der Waals surface area contributed by atoms with Crippen LogP contribution in [0.15, 0.2) is 23.8 Å². The number of fused-ring (bicyclic) bond motifs is 5. The fourth-order valence-corrected chi connectivity index (χ4v) is 9.41. The molecule has 3 saturated carbocycles. The van der Waals surface area contributed by atoms with Crippen molar-refractivity contribution in [3.63, 3.8) is 0 Å². The van der Waals surface area contributed by atoms with Crippen molar-refractivity contribution < 1.29 is 28.6 Å². The Morgan fingerprint density at radius 2 is 1.91 bits per heavy atom. The first-order valence-electron chi connectivity index (χ1n) is 12.2. The molecule has 0 aromatic rings. The van der Waals surface area contributed by atoms with Gasteiger partial charge >= 0.3 is 0 Å². The molecule has 7 heteroatoms. The van der Waals surface area contributed by atoms with Crippen molar-refractivity contribution in [2.45, 2.75) is 77.7 Å². The highest BCUT2D eigenvalue weighted by atomic mass is 32.2. The summed E-state index contributed by atoms with van der Waals surface area (Å²) < 4.78 is 23.6. The first-order valence-corrected chi connectivity index (χ1v) is 13.2. The maximum atomic E-state index is 17.3. The van der Waals surface area contributed by atoms with Gasteiger partial charge in [0, 0.05) is 36.0 Å². The molecule has 0 aromatic carbocycles. The van der Waals surface area contributed by atoms with E-state index < -0.39 is 28.2 Å². The third-order valence-electron chi connectivity index (χ3n) is 9.83. The lowest BCUT2D eigenvalue weighted by Crippen LogP contribution is -2.69. The molecule has 6 unspecified atom stereocenters. The second kappa shape index (κ2) is 9.29. The number of thioether (sulfide) groups is 1. The summed E-state index contributed by atoms with van der Waals surface area (Å²) in [5.41, 5.74) is -3.10. The fourth-order valence-electron chi connectivity index (χ4n) is 8.10. The largest absolute Gasteiger partial charge is 0.390 e. The van der Waals surface area contributed by atoms with Gasteiger partial charge in [-0.05, 0) is 56.1 Å². The molecule has 34 heavy (non-hydrogen) atoms. The number of carbonyl (C=O) groups is 3. The predicted octanol–water partition coefficient (Wildman–Crippen LogP) is 4.72. The van der Waals surface area contributed by atoms with Crippen LogP contribution in [-0.4, -0.2) is 53.0 Å². The molecule has 0 radical (unpaired) electrons. The highest BCUT2D eigenvalue weighted by molar-refractivity contribution is 8.13. The maximum Gasteiger partial charge on any atom is 0.188 e. The number of alkyl halides is 1. The summed E-state index contributed by atoms with van der Waals surface area (Å²) in [5, 5.41) is 11.6. The highest BCUT2D eigenvalue weighted by Crippen LogP contribution is 2.72. The molecular weight excluding hydrogens is 455 g/mol. The number of halogens is 1. The lowest BCUT2D eigenvalue weighted by molar-refractivity contribution is -0.224. The van der Waals surface area contributed by atoms with Crippen LogP contribution in [-0.2, 0) is 19.1 Å². The minimum Gasteiger partial charge on any atom is -0.390 e. The van der Waals surface area contributed by atoms with E-state index in [2.05, 4.69) is 20.8 Å². The molecule has 190 valence electrons. The molecule has 4 aliphatic carbocycles. The topological polar surface area (TPSA) is 80.7 Å². The van der Waals surface area contributed by atoms with Crippen molar-refractivity contribution in [3.8, 4) is 0 Å². The van der Waals surface area contributed by atoms with Crippen LogP contribution in [0.2, 0.25) is 0 Å². The fraction of sp³-hybridized carbons (Fsp3) is 0.741. The molecule has 4 aliphatic rings. The van der Waals surface area contributed by atoms with E-state index in [1.54, 1.807) is 19.3 Å². The smallest absolute Gasteiger partial charge is 0.188 e. The Kier molecular flexibility index (Phi) is 7.45. The van der Waals surface area contributed by atoms with E-state index >= 15 is 4.39 Å². The summed E-state index contributed by atoms with van der Waals surface area (Å²) in [4.78, 5) is 32.3. The molecule has 0 aliphatic heterocycles. The summed E-state index contributed by atoms with van der Waals surface area (Å²) in [6.07, 6.45) is 5.73. The van der Waals surface area contributed by atoms with E-state index in [0.717, 1.165) is 12.0 Å². The summed E-state index contributed by atoms with van der Waals surface area (Å²) in [7, 11) is 1.70. The number of ketones is 1. The molecule has 5 nitrogen and oxygen atoms in total. The van der Waals surface area contributed by atoms with Crippen molar-refractivity contribution >= 4 is 29.4 Å². The van der Waals surface area contributed by atoms with Gasteiger partial charge in [-0.2, -0.15) is 0 Å². The first kappa shape index (κ1) is 27.3. The van der Waals surface area contributed by atoms with Crippen LogP contribution < -0.4 is 0 Å². The van der Waals surface area contributed by atoms with Gasteiger partial charge in [0.15, 0.2) is 16.6 Å². The number of hydrogen-bond donors (Lipinski definition) is 1. The monoisotopic (exact) mass is 494 g/mol. The molecule has 9 atom stereocenters. The third kappa shape index (κ3) is 3.44. The lowest BCUT2D eigenvalue weighted by atomic mass is 9.43. The van der Waals surface area contributed by atoms with Gasteiger partial charge < -0.3 is 14.6 Å². The number of ether oxygens (including phenoxy) is 1. The standard InChI is InChI=1S/C26H37FO4S.CH2O/c1-7-22(30)32-14-25(31-6)16(3)11-19-20-10-15(2)18-12-17(28)8-9-23(18,4)26(20,27)21(29)13-24(19,25)5;1-2/h8-9,12,15-16,19-21,29H,7,10-11,13-14H2,1-6H3;1H2/t15-,16+,19?,20?,21?,23?,24?,25?,26-;/m0./s1. The molecule has 0 aromatic heterocycles. The van der Waals surface area contributed by atoms with Crippen molar-refractivity contribution in [3.05, 3.63) is 23.8 Å². The molecule has 0 heterocycles. The van der Waals surface area contributed by atoms with Gasteiger partial charge in [0.2, 0.25) is 0 Å². The SMILES string of the molecule is C=O.CCC(=O)SCC1(OC)[C@H](C)CC2C3C[C@H](C)C4=CC(=O)C=CC4(C)[C@@]3(F)C(O)CC21C. The van der Waals surface area contributed by atoms with E-state index in [1.165, 1.54) is 17.8 Å². The zero-order valence-electron chi connectivity index (χ0n) is 21.2. The molecule has 0 bridgehead atoms. The average molecular weight is 495 g/mol. The number of hydrogen-bond acceptors (Lipinski definition) is 6. The number of aliphatic hydroxyl groups excluding tert-OH is 1. The van der Waals surface area contributed by atoms with Crippen LogP contribution in [0.3, 0.4) is 0 Å². The van der Waals surface area contributed by atoms with E-state index in [1.807, 2.05) is 20.6 Å². The molecular formula is C27H39FO5S. The second-order valence-corrected chi connectivity index (χ2v) is 12.1. The van der Waals surface area contributed by atoms with Crippen LogP contribution in [0, 0.1) is 34.5 Å². The molecule has 1 N–H and O–H groups in total. The van der Waals surface area contributed by atoms with Crippen LogP contribution in [0.5, 0.6) is 0 Å². The van der Waals surface area contributed by atoms with Gasteiger partial charge in [0.05, 0.1) is 11.7 Å². The number of rotatable bonds is 4. The van der Waals surface area contributed by atoms with Gasteiger partial charge in [-0.15, -0.1) is 0 Å². The summed E-state index contributed by atoms with van der Waals surface area (Å²) in [6, 6.07) is 0. The Morgan fingerprint density at radius 3 is 2.50 bits per heavy atom. The van der Waals surface area contributed by atoms with Gasteiger partial charge in [-0.3, -0.25) is 9.59 Å². The lowest BCUT2D eigenvalue weighted by Gasteiger charge is -2.64. The number of carbonyl (C=O) groups excluding carboxylic acids is 3. The van der Waals surface area contributed by atoms with E-state index in [-0.39, 0.29) is 41.0 Å². The summed E-state index contributed by atoms with van der Waals surface area (Å²) in [6.45, 7) is 12.1. The molecule has 3 fully saturated rings. The van der Waals surface area contributed by atoms with Gasteiger partial charge in [0.25, 0.3) is 0 Å². The summed E-state index contributed by atoms with van der Waals surface area (Å²) >= 11 is 1.31. The van der Waals surface area contributed by atoms with E-state index in [4.69, 9.17) is 9.53 Å².